The van der Waals surface area contributed by atoms with Crippen LogP contribution in [0.2, 0.25) is 30.1 Å². The molecule has 4 aromatic carbocycles. The molecule has 2 aliphatic rings. The lowest BCUT2D eigenvalue weighted by Gasteiger charge is -2.20. The molecule has 23 heteroatoms. The van der Waals surface area contributed by atoms with Crippen LogP contribution in [0.15, 0.2) is 130 Å². The summed E-state index contributed by atoms with van der Waals surface area (Å²) >= 11 is 36.9. The van der Waals surface area contributed by atoms with Gasteiger partial charge in [-0.15, -0.1) is 0 Å². The predicted molar refractivity (Wildman–Crippen MR) is 372 cm³/mol. The molecule has 0 saturated carbocycles. The van der Waals surface area contributed by atoms with Crippen molar-refractivity contribution < 1.29 is 62.7 Å². The number of esters is 1. The number of hydrogen-bond donors (Lipinski definition) is 2. The van der Waals surface area contributed by atoms with Crippen LogP contribution in [0.1, 0.15) is 162 Å². The number of methoxy groups -OCH3 is 4. The summed E-state index contributed by atoms with van der Waals surface area (Å²) in [7, 11) is 5.49. The lowest BCUT2D eigenvalue weighted by atomic mass is 9.89. The van der Waals surface area contributed by atoms with Gasteiger partial charge in [-0.1, -0.05) is 171 Å². The lowest BCUT2D eigenvalue weighted by Crippen LogP contribution is -2.25. The van der Waals surface area contributed by atoms with Crippen molar-refractivity contribution in [2.45, 2.75) is 143 Å². The summed E-state index contributed by atoms with van der Waals surface area (Å²) in [6.45, 7) is 7.48. The number of carboxylic acids is 1. The van der Waals surface area contributed by atoms with E-state index in [0.29, 0.717) is 106 Å². The van der Waals surface area contributed by atoms with E-state index in [4.69, 9.17) is 98.4 Å². The van der Waals surface area contributed by atoms with Crippen molar-refractivity contribution in [1.29, 1.82) is 0 Å². The topological polar surface area (TPSA) is 225 Å². The summed E-state index contributed by atoms with van der Waals surface area (Å²) in [6, 6.07) is 24.4. The minimum Gasteiger partial charge on any atom is -0.489 e. The Bertz CT molecular complexity index is 3860. The van der Waals surface area contributed by atoms with Gasteiger partial charge in [-0.25, -0.2) is 19.0 Å². The van der Waals surface area contributed by atoms with Crippen LogP contribution < -0.4 is 0 Å². The SMILES string of the molecule is COC1=C(OC)C(=O)C(CCCCCCCCCCO)=C(C)C1=O.COC1=C(OC)C(=O)C(CCCCCCCCCCOC(=O)c2nn(-c3ccc(Cl)cc3Cl)c(-c3ccc(Cl)cc3)c2C)=C(C)C1=O.Cc1c(C(=O)O)nn(-c2ccc(Cl)cc2Cl)c1-c1ccc(Cl)cc1. The fraction of sp³-hybridized carbons (Fsp3) is 0.389. The van der Waals surface area contributed by atoms with E-state index in [2.05, 4.69) is 10.2 Å². The zero-order chi connectivity index (χ0) is 69.5. The standard InChI is InChI=1S/C36H39Cl3N2O6.C19H30O5.C17H11Cl3N2O2/c1-22-27(33(43)35(46-4)34(45-3)32(22)42)13-11-9-7-5-6-8-10-12-20-47-36(44)30-23(2)31(24-14-16-25(37)17-15-24)41(40-30)29-19-18-26(38)21-28(29)39;1-14-15(12-10-8-6-4-5-7-9-11-13-20)17(22)19(24-3)18(23-2)16(14)21;1-9-15(17(23)24)21-22(14-7-6-12(19)8-13(14)20)16(9)10-2-4-11(18)5-3-10/h14-19,21H,5-13,20H2,1-4H3;20H,4-13H2,1-3H3;2-8H,1H3,(H,23,24). The number of nitrogens with zero attached hydrogens (tertiary/aromatic N) is 4. The maximum absolute atomic E-state index is 13.1. The number of Topliss-reactive ketones (excluding diaryl/α,β-unsaturated/α-hetero) is 4. The summed E-state index contributed by atoms with van der Waals surface area (Å²) < 4.78 is 29.1. The van der Waals surface area contributed by atoms with E-state index in [1.165, 1.54) is 52.4 Å². The minimum absolute atomic E-state index is 0.00614. The fourth-order valence-electron chi connectivity index (χ4n) is 11.1. The van der Waals surface area contributed by atoms with Crippen LogP contribution in [0.3, 0.4) is 0 Å². The molecule has 95 heavy (non-hydrogen) atoms. The van der Waals surface area contributed by atoms with Gasteiger partial charge in [-0.3, -0.25) is 19.2 Å². The Morgan fingerprint density at radius 3 is 1.12 bits per heavy atom. The molecular formula is C72H80Cl6N4O13. The molecule has 0 bridgehead atoms. The summed E-state index contributed by atoms with van der Waals surface area (Å²) in [5.41, 5.74) is 7.45. The van der Waals surface area contributed by atoms with Crippen molar-refractivity contribution >= 4 is 105 Å². The second kappa shape index (κ2) is 37.9. The molecule has 2 N–H and O–H groups in total. The first kappa shape index (κ1) is 76.8. The molecule has 0 amide bonds. The number of carbonyl (C=O) groups excluding carboxylic acids is 5. The van der Waals surface area contributed by atoms with Crippen LogP contribution >= 0.6 is 69.6 Å². The second-order valence-electron chi connectivity index (χ2n) is 22.7. The zero-order valence-electron chi connectivity index (χ0n) is 54.7. The van der Waals surface area contributed by atoms with E-state index in [-0.39, 0.29) is 64.2 Å². The van der Waals surface area contributed by atoms with Crippen LogP contribution in [0.25, 0.3) is 33.9 Å². The van der Waals surface area contributed by atoms with E-state index in [1.807, 2.05) is 19.1 Å². The molecule has 8 rings (SSSR count). The maximum atomic E-state index is 13.1. The summed E-state index contributed by atoms with van der Waals surface area (Å²) in [4.78, 5) is 74.6. The van der Waals surface area contributed by atoms with Gasteiger partial charge in [0.1, 0.15) is 0 Å². The van der Waals surface area contributed by atoms with Gasteiger partial charge in [-0.05, 0) is 127 Å². The molecule has 6 aromatic rings. The molecule has 0 aliphatic heterocycles. The predicted octanol–water partition coefficient (Wildman–Crippen LogP) is 18.4. The van der Waals surface area contributed by atoms with Gasteiger partial charge in [-0.2, -0.15) is 10.2 Å². The quantitative estimate of drug-likeness (QED) is 0.0234. The third-order valence-corrected chi connectivity index (χ3v) is 17.8. The largest absolute Gasteiger partial charge is 0.489 e. The number of aromatic carboxylic acids is 1. The molecule has 0 fully saturated rings. The summed E-state index contributed by atoms with van der Waals surface area (Å²) in [6.07, 6.45) is 17.4. The van der Waals surface area contributed by atoms with E-state index in [9.17, 15) is 33.9 Å². The molecule has 2 heterocycles. The molecule has 2 aromatic heterocycles. The minimum atomic E-state index is -1.11. The summed E-state index contributed by atoms with van der Waals surface area (Å²) in [5, 5.41) is 29.9. The Balaban J connectivity index is 0.000000249. The Hall–Kier alpha value is -7.22. The van der Waals surface area contributed by atoms with E-state index in [0.717, 1.165) is 94.6 Å². The molecule has 508 valence electrons. The first-order valence-electron chi connectivity index (χ1n) is 31.4. The van der Waals surface area contributed by atoms with Crippen LogP contribution in [0.4, 0.5) is 0 Å². The number of ketones is 4. The smallest absolute Gasteiger partial charge is 0.359 e. The number of carbonyl (C=O) groups is 6. The number of aliphatic hydroxyl groups is 1. The van der Waals surface area contributed by atoms with Gasteiger partial charge in [0.2, 0.25) is 46.2 Å². The Morgan fingerprint density at radius 2 is 0.758 bits per heavy atom. The first-order chi connectivity index (χ1) is 45.5. The average Bonchev–Trinajstić information content (AvgIpc) is 1.75. The molecule has 0 spiro atoms. The number of carboxylic acid groups (broad SMARTS) is 1. The summed E-state index contributed by atoms with van der Waals surface area (Å²) in [5.74, 6) is -2.65. The number of aromatic nitrogens is 4. The van der Waals surface area contributed by atoms with Crippen molar-refractivity contribution in [3.63, 3.8) is 0 Å². The highest BCUT2D eigenvalue weighted by molar-refractivity contribution is 6.36. The highest BCUT2D eigenvalue weighted by Gasteiger charge is 2.36. The Labute approximate surface area is 584 Å². The number of unbranched alkanes of at least 4 members (excludes halogenated alkanes) is 14. The average molecular weight is 1420 g/mol. The third kappa shape index (κ3) is 20.2. The number of aliphatic hydroxyl groups excluding tert-OH is 1. The van der Waals surface area contributed by atoms with Gasteiger partial charge in [0.05, 0.1) is 67.9 Å². The molecule has 2 aliphatic carbocycles. The van der Waals surface area contributed by atoms with Gasteiger partial charge in [0.25, 0.3) is 0 Å². The second-order valence-corrected chi connectivity index (χ2v) is 25.2. The molecule has 0 atom stereocenters. The van der Waals surface area contributed by atoms with Crippen molar-refractivity contribution in [1.82, 2.24) is 19.6 Å². The molecular weight excluding hydrogens is 1340 g/mol. The van der Waals surface area contributed by atoms with E-state index in [1.54, 1.807) is 98.2 Å². The van der Waals surface area contributed by atoms with Crippen molar-refractivity contribution in [2.75, 3.05) is 41.7 Å². The van der Waals surface area contributed by atoms with Gasteiger partial charge >= 0.3 is 11.9 Å². The molecule has 0 saturated heterocycles. The third-order valence-electron chi connectivity index (χ3n) is 16.2. The van der Waals surface area contributed by atoms with E-state index < -0.39 is 11.9 Å². The van der Waals surface area contributed by atoms with Gasteiger partial charge < -0.3 is 33.9 Å². The number of halogens is 6. The van der Waals surface area contributed by atoms with Crippen molar-refractivity contribution in [3.8, 4) is 33.9 Å². The lowest BCUT2D eigenvalue weighted by molar-refractivity contribution is -0.121. The normalized spacial score (nSPS) is 13.3. The Morgan fingerprint density at radius 1 is 0.432 bits per heavy atom. The number of ether oxygens (including phenoxy) is 5. The maximum Gasteiger partial charge on any atom is 0.359 e. The zero-order valence-corrected chi connectivity index (χ0v) is 59.2. The van der Waals surface area contributed by atoms with Crippen molar-refractivity contribution in [3.05, 3.63) is 183 Å². The molecule has 0 unspecified atom stereocenters. The highest BCUT2D eigenvalue weighted by Crippen LogP contribution is 2.37. The van der Waals surface area contributed by atoms with Gasteiger partial charge in [0, 0.05) is 71.2 Å². The highest BCUT2D eigenvalue weighted by atomic mass is 35.5. The molecule has 17 nitrogen and oxygen atoms in total. The van der Waals surface area contributed by atoms with Crippen LogP contribution in [0, 0.1) is 13.8 Å². The van der Waals surface area contributed by atoms with Crippen LogP contribution in [0.5, 0.6) is 0 Å². The van der Waals surface area contributed by atoms with Crippen LogP contribution in [-0.4, -0.2) is 106 Å². The number of hydrogen-bond acceptors (Lipinski definition) is 14. The number of allylic oxidation sites excluding steroid dienone is 4. The fourth-order valence-corrected chi connectivity index (χ4v) is 12.3. The number of rotatable bonds is 31. The van der Waals surface area contributed by atoms with Crippen LogP contribution in [-0.2, 0) is 42.9 Å². The Kier molecular flexibility index (Phi) is 30.6. The molecule has 0 radical (unpaired) electrons. The monoisotopic (exact) mass is 1420 g/mol. The first-order valence-corrected chi connectivity index (χ1v) is 33.7. The number of benzene rings is 4. The van der Waals surface area contributed by atoms with Gasteiger partial charge in [0.15, 0.2) is 11.4 Å². The van der Waals surface area contributed by atoms with Crippen molar-refractivity contribution in [2.24, 2.45) is 0 Å². The van der Waals surface area contributed by atoms with E-state index >= 15 is 0 Å².